The van der Waals surface area contributed by atoms with E-state index in [9.17, 15) is 18.0 Å². The van der Waals surface area contributed by atoms with Crippen LogP contribution in [0.2, 0.25) is 5.02 Å². The Hall–Kier alpha value is -2.86. The number of sulfonamides is 1. The Labute approximate surface area is 195 Å². The third-order valence-corrected chi connectivity index (χ3v) is 7.40. The molecule has 0 spiro atoms. The summed E-state index contributed by atoms with van der Waals surface area (Å²) in [6.45, 7) is 0.766. The lowest BCUT2D eigenvalue weighted by Crippen LogP contribution is -2.40. The number of carbonyl (C=O) groups excluding carboxylic acids is 2. The summed E-state index contributed by atoms with van der Waals surface area (Å²) in [6.07, 6.45) is 0. The van der Waals surface area contributed by atoms with Crippen LogP contribution in [0.25, 0.3) is 0 Å². The molecule has 1 amide bonds. The molecule has 10 nitrogen and oxygen atoms in total. The average molecular weight is 497 g/mol. The van der Waals surface area contributed by atoms with Crippen LogP contribution in [0, 0.1) is 0 Å². The number of esters is 1. The Bertz CT molecular complexity index is 1160. The van der Waals surface area contributed by atoms with Crippen LogP contribution in [0.15, 0.2) is 41.3 Å². The van der Waals surface area contributed by atoms with Crippen LogP contribution in [-0.2, 0) is 30.8 Å². The fraction of sp³-hybridized carbons (Fsp3) is 0.333. The van der Waals surface area contributed by atoms with E-state index in [1.54, 1.807) is 18.2 Å². The standard InChI is InChI=1S/C21H21ClN2O8S/c22-16-3-2-15(10-19(16)33(27,28)24-5-7-29-8-6-24)21(26)30-12-20(25)23-11-14-1-4-17-18(9-14)32-13-31-17/h1-4,9-10H,5-8,11-13H2,(H,23,25). The Morgan fingerprint density at radius 2 is 1.82 bits per heavy atom. The number of hydrogen-bond donors (Lipinski definition) is 1. The molecule has 0 bridgehead atoms. The normalized spacial score (nSPS) is 15.8. The van der Waals surface area contributed by atoms with Gasteiger partial charge in [0.25, 0.3) is 5.91 Å². The number of fused-ring (bicyclic) bond motifs is 1. The van der Waals surface area contributed by atoms with Gasteiger partial charge in [0.05, 0.1) is 23.8 Å². The second kappa shape index (κ2) is 9.96. The van der Waals surface area contributed by atoms with Crippen LogP contribution in [-0.4, -0.2) is 64.3 Å². The summed E-state index contributed by atoms with van der Waals surface area (Å²) in [6, 6.07) is 9.08. The van der Waals surface area contributed by atoms with E-state index in [-0.39, 0.29) is 55.1 Å². The number of morpholine rings is 1. The first-order valence-electron chi connectivity index (χ1n) is 10.0. The smallest absolute Gasteiger partial charge is 0.338 e. The number of ether oxygens (including phenoxy) is 4. The van der Waals surface area contributed by atoms with E-state index < -0.39 is 28.5 Å². The molecular weight excluding hydrogens is 476 g/mol. The summed E-state index contributed by atoms with van der Waals surface area (Å²) < 4.78 is 47.8. The Kier molecular flexibility index (Phi) is 7.03. The number of benzene rings is 2. The molecule has 0 unspecified atom stereocenters. The van der Waals surface area contributed by atoms with Crippen LogP contribution in [0.1, 0.15) is 15.9 Å². The highest BCUT2D eigenvalue weighted by molar-refractivity contribution is 7.89. The molecule has 0 saturated carbocycles. The van der Waals surface area contributed by atoms with Crippen molar-refractivity contribution in [3.8, 4) is 11.5 Å². The van der Waals surface area contributed by atoms with E-state index in [0.717, 1.165) is 11.6 Å². The van der Waals surface area contributed by atoms with Gasteiger partial charge in [0.2, 0.25) is 16.8 Å². The number of halogens is 1. The van der Waals surface area contributed by atoms with E-state index in [1.165, 1.54) is 16.4 Å². The highest BCUT2D eigenvalue weighted by Crippen LogP contribution is 2.32. The number of hydrogen-bond acceptors (Lipinski definition) is 8. The molecule has 1 saturated heterocycles. The molecule has 0 aromatic heterocycles. The maximum Gasteiger partial charge on any atom is 0.338 e. The van der Waals surface area contributed by atoms with Crippen molar-refractivity contribution in [1.29, 1.82) is 0 Å². The first-order chi connectivity index (χ1) is 15.8. The summed E-state index contributed by atoms with van der Waals surface area (Å²) in [4.78, 5) is 24.3. The van der Waals surface area contributed by atoms with Crippen LogP contribution in [0.4, 0.5) is 0 Å². The van der Waals surface area contributed by atoms with Crippen LogP contribution < -0.4 is 14.8 Å². The summed E-state index contributed by atoms with van der Waals surface area (Å²) in [5.74, 6) is -0.129. The van der Waals surface area contributed by atoms with Crippen LogP contribution in [0.5, 0.6) is 11.5 Å². The van der Waals surface area contributed by atoms with Crippen molar-refractivity contribution < 1.29 is 37.0 Å². The largest absolute Gasteiger partial charge is 0.454 e. The molecule has 0 aliphatic carbocycles. The molecule has 176 valence electrons. The summed E-state index contributed by atoms with van der Waals surface area (Å²) in [5, 5.41) is 2.62. The van der Waals surface area contributed by atoms with Gasteiger partial charge in [-0.2, -0.15) is 4.31 Å². The van der Waals surface area contributed by atoms with Gasteiger partial charge in [-0.25, -0.2) is 13.2 Å². The molecule has 2 aromatic rings. The van der Waals surface area contributed by atoms with Gasteiger partial charge in [-0.1, -0.05) is 17.7 Å². The molecule has 1 N–H and O–H groups in total. The van der Waals surface area contributed by atoms with E-state index in [0.29, 0.717) is 11.5 Å². The van der Waals surface area contributed by atoms with E-state index in [4.69, 9.17) is 30.5 Å². The van der Waals surface area contributed by atoms with Crippen molar-refractivity contribution in [1.82, 2.24) is 9.62 Å². The highest BCUT2D eigenvalue weighted by atomic mass is 35.5. The van der Waals surface area contributed by atoms with E-state index >= 15 is 0 Å². The first-order valence-corrected chi connectivity index (χ1v) is 11.9. The second-order valence-corrected chi connectivity index (χ2v) is 9.52. The minimum absolute atomic E-state index is 0.0143. The number of amides is 1. The Morgan fingerprint density at radius 1 is 1.06 bits per heavy atom. The highest BCUT2D eigenvalue weighted by Gasteiger charge is 2.29. The van der Waals surface area contributed by atoms with E-state index in [2.05, 4.69) is 5.32 Å². The molecule has 4 rings (SSSR count). The third-order valence-electron chi connectivity index (χ3n) is 5.02. The van der Waals surface area contributed by atoms with Crippen molar-refractivity contribution in [2.24, 2.45) is 0 Å². The molecule has 33 heavy (non-hydrogen) atoms. The van der Waals surface area contributed by atoms with Crippen molar-refractivity contribution in [2.45, 2.75) is 11.4 Å². The maximum absolute atomic E-state index is 12.9. The van der Waals surface area contributed by atoms with Gasteiger partial charge in [-0.3, -0.25) is 4.79 Å². The van der Waals surface area contributed by atoms with Gasteiger partial charge < -0.3 is 24.3 Å². The van der Waals surface area contributed by atoms with Crippen LogP contribution >= 0.6 is 11.6 Å². The zero-order valence-electron chi connectivity index (χ0n) is 17.4. The van der Waals surface area contributed by atoms with Crippen molar-refractivity contribution >= 4 is 33.5 Å². The molecule has 2 aliphatic rings. The Balaban J connectivity index is 1.34. The van der Waals surface area contributed by atoms with Crippen molar-refractivity contribution in [3.05, 3.63) is 52.5 Å². The minimum atomic E-state index is -3.91. The van der Waals surface area contributed by atoms with Gasteiger partial charge in [-0.05, 0) is 35.9 Å². The van der Waals surface area contributed by atoms with Gasteiger partial charge in [-0.15, -0.1) is 0 Å². The topological polar surface area (TPSA) is 120 Å². The molecule has 2 heterocycles. The predicted molar refractivity (Wildman–Crippen MR) is 116 cm³/mol. The molecular formula is C21H21ClN2O8S. The summed E-state index contributed by atoms with van der Waals surface area (Å²) in [7, 11) is -3.91. The van der Waals surface area contributed by atoms with Gasteiger partial charge >= 0.3 is 5.97 Å². The summed E-state index contributed by atoms with van der Waals surface area (Å²) >= 11 is 6.10. The number of rotatable bonds is 7. The second-order valence-electron chi connectivity index (χ2n) is 7.20. The fourth-order valence-electron chi connectivity index (χ4n) is 3.27. The SMILES string of the molecule is O=C(COC(=O)c1ccc(Cl)c(S(=O)(=O)N2CCOCC2)c1)NCc1ccc2c(c1)OCO2. The lowest BCUT2D eigenvalue weighted by molar-refractivity contribution is -0.124. The molecule has 0 atom stereocenters. The number of carbonyl (C=O) groups is 2. The minimum Gasteiger partial charge on any atom is -0.454 e. The van der Waals surface area contributed by atoms with E-state index in [1.807, 2.05) is 0 Å². The zero-order chi connectivity index (χ0) is 23.4. The van der Waals surface area contributed by atoms with Gasteiger partial charge in [0.15, 0.2) is 18.1 Å². The molecule has 12 heteroatoms. The molecule has 2 aromatic carbocycles. The fourth-order valence-corrected chi connectivity index (χ4v) is 5.18. The molecule has 0 radical (unpaired) electrons. The predicted octanol–water partition coefficient (Wildman–Crippen LogP) is 1.56. The Morgan fingerprint density at radius 3 is 2.61 bits per heavy atom. The summed E-state index contributed by atoms with van der Waals surface area (Å²) in [5.41, 5.74) is 0.754. The number of nitrogens with zero attached hydrogens (tertiary/aromatic N) is 1. The number of nitrogens with one attached hydrogen (secondary N) is 1. The lowest BCUT2D eigenvalue weighted by atomic mass is 10.2. The third kappa shape index (κ3) is 5.38. The van der Waals surface area contributed by atoms with Crippen molar-refractivity contribution in [3.63, 3.8) is 0 Å². The monoisotopic (exact) mass is 496 g/mol. The molecule has 2 aliphatic heterocycles. The van der Waals surface area contributed by atoms with Gasteiger partial charge in [0, 0.05) is 19.6 Å². The average Bonchev–Trinajstić information content (AvgIpc) is 3.30. The molecule has 1 fully saturated rings. The van der Waals surface area contributed by atoms with Crippen LogP contribution in [0.3, 0.4) is 0 Å². The quantitative estimate of drug-likeness (QED) is 0.573. The first kappa shape index (κ1) is 23.3. The lowest BCUT2D eigenvalue weighted by Gasteiger charge is -2.26. The van der Waals surface area contributed by atoms with Gasteiger partial charge in [0.1, 0.15) is 4.90 Å². The zero-order valence-corrected chi connectivity index (χ0v) is 19.0. The van der Waals surface area contributed by atoms with Crippen molar-refractivity contribution in [2.75, 3.05) is 39.7 Å². The maximum atomic E-state index is 12.9.